The van der Waals surface area contributed by atoms with E-state index in [1.807, 2.05) is 18.2 Å². The zero-order valence-corrected chi connectivity index (χ0v) is 15.6. The molecule has 2 heterocycles. The molecule has 1 fully saturated rings. The van der Waals surface area contributed by atoms with Gasteiger partial charge in [0.15, 0.2) is 10.8 Å². The first-order chi connectivity index (χ1) is 12.7. The summed E-state index contributed by atoms with van der Waals surface area (Å²) in [6.07, 6.45) is 1.87. The van der Waals surface area contributed by atoms with E-state index in [1.165, 1.54) is 16.9 Å². The van der Waals surface area contributed by atoms with E-state index in [2.05, 4.69) is 27.3 Å². The van der Waals surface area contributed by atoms with E-state index in [9.17, 15) is 9.59 Å². The van der Waals surface area contributed by atoms with Crippen molar-refractivity contribution in [3.8, 4) is 0 Å². The second-order valence-corrected chi connectivity index (χ2v) is 7.17. The van der Waals surface area contributed by atoms with E-state index in [-0.39, 0.29) is 17.5 Å². The van der Waals surface area contributed by atoms with Gasteiger partial charge < -0.3 is 10.1 Å². The summed E-state index contributed by atoms with van der Waals surface area (Å²) in [5, 5.41) is 4.90. The van der Waals surface area contributed by atoms with E-state index in [0.29, 0.717) is 11.7 Å². The summed E-state index contributed by atoms with van der Waals surface area (Å²) < 4.78 is 4.92. The number of hydrogen-bond donors (Lipinski definition) is 1. The Labute approximate surface area is 157 Å². The maximum Gasteiger partial charge on any atom is 0.357 e. The molecule has 1 aliphatic heterocycles. The van der Waals surface area contributed by atoms with Crippen molar-refractivity contribution in [1.82, 2.24) is 9.88 Å². The van der Waals surface area contributed by atoms with E-state index in [4.69, 9.17) is 4.74 Å². The molecule has 3 rings (SSSR count). The van der Waals surface area contributed by atoms with Crippen molar-refractivity contribution in [2.24, 2.45) is 5.92 Å². The van der Waals surface area contributed by atoms with Crippen molar-refractivity contribution in [2.45, 2.75) is 26.3 Å². The Morgan fingerprint density at radius 2 is 2.15 bits per heavy atom. The summed E-state index contributed by atoms with van der Waals surface area (Å²) in [5.41, 5.74) is 1.49. The number of rotatable bonds is 6. The molecule has 1 atom stereocenters. The molecule has 1 amide bonds. The molecule has 1 unspecified atom stereocenters. The first kappa shape index (κ1) is 18.5. The molecule has 6 nitrogen and oxygen atoms in total. The fourth-order valence-electron chi connectivity index (χ4n) is 3.09. The Kier molecular flexibility index (Phi) is 6.35. The lowest BCUT2D eigenvalue weighted by Gasteiger charge is -2.31. The molecular formula is C19H23N3O3S. The third kappa shape index (κ3) is 4.89. The van der Waals surface area contributed by atoms with Gasteiger partial charge in [0, 0.05) is 18.5 Å². The number of hydrogen-bond acceptors (Lipinski definition) is 6. The number of esters is 1. The van der Waals surface area contributed by atoms with E-state index >= 15 is 0 Å². The molecule has 0 saturated carbocycles. The van der Waals surface area contributed by atoms with Crippen LogP contribution in [-0.2, 0) is 16.1 Å². The Bertz CT molecular complexity index is 747. The van der Waals surface area contributed by atoms with E-state index in [0.717, 1.165) is 32.5 Å². The smallest absolute Gasteiger partial charge is 0.357 e. The van der Waals surface area contributed by atoms with Gasteiger partial charge in [-0.15, -0.1) is 11.3 Å². The first-order valence-electron chi connectivity index (χ1n) is 8.85. The van der Waals surface area contributed by atoms with Gasteiger partial charge in [-0.25, -0.2) is 9.78 Å². The predicted octanol–water partition coefficient (Wildman–Crippen LogP) is 3.17. The minimum Gasteiger partial charge on any atom is -0.461 e. The summed E-state index contributed by atoms with van der Waals surface area (Å²) in [6, 6.07) is 10.3. The van der Waals surface area contributed by atoms with Crippen LogP contribution in [-0.4, -0.2) is 41.5 Å². The van der Waals surface area contributed by atoms with Crippen LogP contribution in [0.25, 0.3) is 0 Å². The summed E-state index contributed by atoms with van der Waals surface area (Å²) in [5.74, 6) is -0.564. The number of nitrogens with one attached hydrogen (secondary N) is 1. The molecule has 1 aromatic carbocycles. The summed E-state index contributed by atoms with van der Waals surface area (Å²) >= 11 is 1.24. The standard InChI is InChI=1S/C19H23N3O3S/c1-2-25-18(24)16-13-26-19(20-16)21-17(23)15-9-6-10-22(12-15)11-14-7-4-3-5-8-14/h3-5,7-8,13,15H,2,6,9-12H2,1H3,(H,20,21,23). The number of anilines is 1. The number of carbonyl (C=O) groups is 2. The second-order valence-electron chi connectivity index (χ2n) is 6.31. The maximum atomic E-state index is 12.6. The lowest BCUT2D eigenvalue weighted by atomic mass is 9.97. The number of likely N-dealkylation sites (tertiary alicyclic amines) is 1. The monoisotopic (exact) mass is 373 g/mol. The Morgan fingerprint density at radius 3 is 2.92 bits per heavy atom. The zero-order chi connectivity index (χ0) is 18.4. The van der Waals surface area contributed by atoms with Gasteiger partial charge in [0.25, 0.3) is 0 Å². The molecular weight excluding hydrogens is 350 g/mol. The lowest BCUT2D eigenvalue weighted by molar-refractivity contribution is -0.121. The topological polar surface area (TPSA) is 71.5 Å². The van der Waals surface area contributed by atoms with Gasteiger partial charge in [-0.1, -0.05) is 30.3 Å². The van der Waals surface area contributed by atoms with Crippen LogP contribution in [0, 0.1) is 5.92 Å². The maximum absolute atomic E-state index is 12.6. The van der Waals surface area contributed by atoms with Gasteiger partial charge in [-0.2, -0.15) is 0 Å². The number of carbonyl (C=O) groups excluding carboxylic acids is 2. The first-order valence-corrected chi connectivity index (χ1v) is 9.73. The molecule has 2 aromatic rings. The lowest BCUT2D eigenvalue weighted by Crippen LogP contribution is -2.40. The van der Waals surface area contributed by atoms with Crippen LogP contribution in [0.3, 0.4) is 0 Å². The minimum atomic E-state index is -0.462. The highest BCUT2D eigenvalue weighted by Gasteiger charge is 2.26. The largest absolute Gasteiger partial charge is 0.461 e. The van der Waals surface area contributed by atoms with Crippen molar-refractivity contribution < 1.29 is 14.3 Å². The van der Waals surface area contributed by atoms with Crippen LogP contribution < -0.4 is 5.32 Å². The third-order valence-electron chi connectivity index (χ3n) is 4.34. The van der Waals surface area contributed by atoms with Gasteiger partial charge in [-0.3, -0.25) is 9.69 Å². The molecule has 0 spiro atoms. The molecule has 1 N–H and O–H groups in total. The summed E-state index contributed by atoms with van der Waals surface area (Å²) in [6.45, 7) is 4.64. The third-order valence-corrected chi connectivity index (χ3v) is 5.10. The molecule has 26 heavy (non-hydrogen) atoms. The average Bonchev–Trinajstić information content (AvgIpc) is 3.12. The summed E-state index contributed by atoms with van der Waals surface area (Å²) in [4.78, 5) is 30.7. The van der Waals surface area contributed by atoms with Gasteiger partial charge in [-0.05, 0) is 31.9 Å². The normalized spacial score (nSPS) is 17.7. The minimum absolute atomic E-state index is 0.0347. The van der Waals surface area contributed by atoms with Crippen molar-refractivity contribution in [3.05, 3.63) is 47.0 Å². The molecule has 1 aromatic heterocycles. The highest BCUT2D eigenvalue weighted by atomic mass is 32.1. The molecule has 1 aliphatic rings. The molecule has 0 aliphatic carbocycles. The Balaban J connectivity index is 1.55. The molecule has 7 heteroatoms. The van der Waals surface area contributed by atoms with Crippen LogP contribution in [0.1, 0.15) is 35.8 Å². The van der Waals surface area contributed by atoms with Crippen LogP contribution in [0.5, 0.6) is 0 Å². The number of aromatic nitrogens is 1. The van der Waals surface area contributed by atoms with Crippen LogP contribution in [0.15, 0.2) is 35.7 Å². The van der Waals surface area contributed by atoms with Crippen molar-refractivity contribution in [3.63, 3.8) is 0 Å². The Morgan fingerprint density at radius 1 is 1.35 bits per heavy atom. The van der Waals surface area contributed by atoms with Crippen molar-refractivity contribution in [2.75, 3.05) is 25.0 Å². The molecule has 1 saturated heterocycles. The number of nitrogens with zero attached hydrogens (tertiary/aromatic N) is 2. The molecule has 138 valence electrons. The number of ether oxygens (including phenoxy) is 1. The highest BCUT2D eigenvalue weighted by Crippen LogP contribution is 2.22. The van der Waals surface area contributed by atoms with Crippen LogP contribution >= 0.6 is 11.3 Å². The molecule has 0 radical (unpaired) electrons. The van der Waals surface area contributed by atoms with E-state index in [1.54, 1.807) is 12.3 Å². The average molecular weight is 373 g/mol. The zero-order valence-electron chi connectivity index (χ0n) is 14.8. The number of piperidine rings is 1. The second kappa shape index (κ2) is 8.91. The summed E-state index contributed by atoms with van der Waals surface area (Å²) in [7, 11) is 0. The van der Waals surface area contributed by atoms with Gasteiger partial charge in [0.2, 0.25) is 5.91 Å². The quantitative estimate of drug-likeness (QED) is 0.788. The van der Waals surface area contributed by atoms with Gasteiger partial charge >= 0.3 is 5.97 Å². The van der Waals surface area contributed by atoms with Gasteiger partial charge in [0.05, 0.1) is 12.5 Å². The SMILES string of the molecule is CCOC(=O)c1csc(NC(=O)C2CCCN(Cc3ccccc3)C2)n1. The van der Waals surface area contributed by atoms with Gasteiger partial charge in [0.1, 0.15) is 0 Å². The van der Waals surface area contributed by atoms with Crippen LogP contribution in [0.2, 0.25) is 0 Å². The number of amides is 1. The Hall–Kier alpha value is -2.25. The number of benzene rings is 1. The van der Waals surface area contributed by atoms with Crippen molar-refractivity contribution >= 4 is 28.3 Å². The molecule has 0 bridgehead atoms. The fourth-order valence-corrected chi connectivity index (χ4v) is 3.77. The van der Waals surface area contributed by atoms with E-state index < -0.39 is 5.97 Å². The fraction of sp³-hybridized carbons (Fsp3) is 0.421. The highest BCUT2D eigenvalue weighted by molar-refractivity contribution is 7.14. The number of thiazole rings is 1. The predicted molar refractivity (Wildman–Crippen MR) is 101 cm³/mol. The van der Waals surface area contributed by atoms with Crippen molar-refractivity contribution in [1.29, 1.82) is 0 Å². The van der Waals surface area contributed by atoms with Crippen LogP contribution in [0.4, 0.5) is 5.13 Å².